The third-order valence-corrected chi connectivity index (χ3v) is 3.22. The van der Waals surface area contributed by atoms with E-state index in [2.05, 4.69) is 16.4 Å². The van der Waals surface area contributed by atoms with Crippen molar-refractivity contribution >= 4 is 49.6 Å². The summed E-state index contributed by atoms with van der Waals surface area (Å²) < 4.78 is 0. The van der Waals surface area contributed by atoms with Gasteiger partial charge in [0.15, 0.2) is 0 Å². The first kappa shape index (κ1) is 25.2. The molecule has 3 nitrogen and oxygen atoms in total. The Labute approximate surface area is 146 Å². The Morgan fingerprint density at radius 1 is 1.20 bits per heavy atom. The van der Waals surface area contributed by atoms with Crippen molar-refractivity contribution in [2.75, 3.05) is 13.1 Å². The fourth-order valence-electron chi connectivity index (χ4n) is 2.35. The Morgan fingerprint density at radius 3 is 2.65 bits per heavy atom. The van der Waals surface area contributed by atoms with E-state index >= 15 is 0 Å². The molecule has 1 aromatic rings. The monoisotopic (exact) mass is 363 g/mol. The second-order valence-corrected chi connectivity index (χ2v) is 4.44. The van der Waals surface area contributed by atoms with Gasteiger partial charge in [-0.2, -0.15) is 0 Å². The maximum Gasteiger partial charge on any atom is 0.0605 e. The van der Waals surface area contributed by atoms with Gasteiger partial charge in [0.05, 0.1) is 5.69 Å². The molecular weight excluding hydrogens is 340 g/mol. The highest BCUT2D eigenvalue weighted by molar-refractivity contribution is 5.86. The molecule has 0 saturated heterocycles. The summed E-state index contributed by atoms with van der Waals surface area (Å²) in [6.07, 6.45) is 7.84. The van der Waals surface area contributed by atoms with E-state index in [0.717, 1.165) is 25.9 Å². The minimum atomic E-state index is 0. The summed E-state index contributed by atoms with van der Waals surface area (Å²) in [4.78, 5) is 4.51. The number of pyridine rings is 1. The topological polar surface area (TPSA) is 50.9 Å². The Morgan fingerprint density at radius 2 is 1.95 bits per heavy atom. The number of rotatable bonds is 5. The van der Waals surface area contributed by atoms with Crippen molar-refractivity contribution in [1.29, 1.82) is 0 Å². The number of nitrogens with zero attached hydrogens (tertiary/aromatic N) is 1. The van der Waals surface area contributed by atoms with E-state index in [1.54, 1.807) is 0 Å². The van der Waals surface area contributed by atoms with Gasteiger partial charge in [0.1, 0.15) is 0 Å². The summed E-state index contributed by atoms with van der Waals surface area (Å²) in [7, 11) is 0. The molecule has 1 atom stereocenters. The molecule has 0 aromatic carbocycles. The number of aryl methyl sites for hydroxylation is 1. The molecule has 0 amide bonds. The molecule has 1 aliphatic carbocycles. The van der Waals surface area contributed by atoms with Crippen LogP contribution in [0.3, 0.4) is 0 Å². The highest BCUT2D eigenvalue weighted by Gasteiger charge is 2.19. The summed E-state index contributed by atoms with van der Waals surface area (Å²) in [6, 6.07) is 4.70. The number of fused-ring (bicyclic) bond motifs is 1. The van der Waals surface area contributed by atoms with Crippen LogP contribution in [-0.4, -0.2) is 18.1 Å². The maximum absolute atomic E-state index is 5.48. The van der Waals surface area contributed by atoms with Crippen LogP contribution in [0, 0.1) is 0 Å². The molecule has 1 aromatic heterocycles. The molecule has 3 N–H and O–H groups in total. The number of nitrogens with two attached hydrogens (primary N) is 1. The van der Waals surface area contributed by atoms with E-state index in [1.165, 1.54) is 30.5 Å². The van der Waals surface area contributed by atoms with Crippen molar-refractivity contribution in [1.82, 2.24) is 10.3 Å². The van der Waals surface area contributed by atoms with Gasteiger partial charge in [0.25, 0.3) is 0 Å². The first-order chi connectivity index (χ1) is 7.92. The largest absolute Gasteiger partial charge is 0.330 e. The van der Waals surface area contributed by atoms with E-state index in [4.69, 9.17) is 5.73 Å². The lowest BCUT2D eigenvalue weighted by molar-refractivity contribution is 0.442. The highest BCUT2D eigenvalue weighted by Crippen LogP contribution is 2.27. The van der Waals surface area contributed by atoms with Crippen molar-refractivity contribution in [3.63, 3.8) is 0 Å². The van der Waals surface area contributed by atoms with Gasteiger partial charge >= 0.3 is 0 Å². The molecule has 1 aliphatic rings. The number of unbranched alkanes of at least 4 members (excludes halogenated alkanes) is 1. The third-order valence-electron chi connectivity index (χ3n) is 3.22. The molecule has 0 radical (unpaired) electrons. The zero-order valence-corrected chi connectivity index (χ0v) is 14.7. The van der Waals surface area contributed by atoms with Crippen LogP contribution in [0.5, 0.6) is 0 Å². The van der Waals surface area contributed by atoms with Gasteiger partial charge < -0.3 is 11.1 Å². The molecule has 7 heteroatoms. The van der Waals surface area contributed by atoms with Gasteiger partial charge in [-0.3, -0.25) is 4.98 Å². The average molecular weight is 365 g/mol. The molecule has 0 saturated carbocycles. The smallest absolute Gasteiger partial charge is 0.0605 e. The van der Waals surface area contributed by atoms with Crippen molar-refractivity contribution in [3.05, 3.63) is 29.6 Å². The Bertz CT molecular complexity index is 339. The number of aromatic nitrogens is 1. The Balaban J connectivity index is -0.000000722. The SMILES string of the molecule is Cl.Cl.Cl.Cl.NCCCCNC1CCCc2cccnc21. The van der Waals surface area contributed by atoms with Crippen LogP contribution >= 0.6 is 49.6 Å². The first-order valence-corrected chi connectivity index (χ1v) is 6.29. The standard InChI is InChI=1S/C13H21N3.4ClH/c14-8-1-2-9-15-12-7-3-5-11-6-4-10-16-13(11)12;;;;/h4,6,10,12,15H,1-3,5,7-9,14H2;4*1H. The van der Waals surface area contributed by atoms with Crippen LogP contribution in [0.4, 0.5) is 0 Å². The molecule has 1 unspecified atom stereocenters. The quantitative estimate of drug-likeness (QED) is 0.786. The van der Waals surface area contributed by atoms with Gasteiger partial charge in [-0.05, 0) is 56.8 Å². The Hall–Kier alpha value is 0.230. The van der Waals surface area contributed by atoms with Gasteiger partial charge in [-0.1, -0.05) is 6.07 Å². The molecule has 0 fully saturated rings. The van der Waals surface area contributed by atoms with E-state index in [0.29, 0.717) is 6.04 Å². The van der Waals surface area contributed by atoms with Gasteiger partial charge in [-0.25, -0.2) is 0 Å². The van der Waals surface area contributed by atoms with Gasteiger partial charge in [-0.15, -0.1) is 49.6 Å². The summed E-state index contributed by atoms with van der Waals surface area (Å²) in [5.41, 5.74) is 8.17. The minimum absolute atomic E-state index is 0. The summed E-state index contributed by atoms with van der Waals surface area (Å²) >= 11 is 0. The minimum Gasteiger partial charge on any atom is -0.330 e. The van der Waals surface area contributed by atoms with E-state index < -0.39 is 0 Å². The van der Waals surface area contributed by atoms with Crippen LogP contribution in [0.15, 0.2) is 18.3 Å². The lowest BCUT2D eigenvalue weighted by atomic mass is 9.92. The molecule has 120 valence electrons. The predicted molar refractivity (Wildman–Crippen MR) is 95.2 cm³/mol. The van der Waals surface area contributed by atoms with Gasteiger partial charge in [0, 0.05) is 12.2 Å². The summed E-state index contributed by atoms with van der Waals surface area (Å²) in [5, 5.41) is 3.59. The van der Waals surface area contributed by atoms with E-state index in [1.807, 2.05) is 12.3 Å². The molecule has 1 heterocycles. The highest BCUT2D eigenvalue weighted by atomic mass is 35.5. The first-order valence-electron chi connectivity index (χ1n) is 6.29. The predicted octanol–water partition coefficient (Wildman–Crippen LogP) is 3.47. The number of halogens is 4. The number of nitrogens with one attached hydrogen (secondary N) is 1. The number of hydrogen-bond donors (Lipinski definition) is 2. The molecule has 0 bridgehead atoms. The maximum atomic E-state index is 5.48. The van der Waals surface area contributed by atoms with Crippen LogP contribution in [0.2, 0.25) is 0 Å². The Kier molecular flexibility index (Phi) is 17.9. The van der Waals surface area contributed by atoms with E-state index in [9.17, 15) is 0 Å². The zero-order valence-electron chi connectivity index (χ0n) is 11.4. The van der Waals surface area contributed by atoms with E-state index in [-0.39, 0.29) is 49.6 Å². The molecule has 2 rings (SSSR count). The second kappa shape index (κ2) is 14.2. The lowest BCUT2D eigenvalue weighted by Crippen LogP contribution is -2.27. The average Bonchev–Trinajstić information content (AvgIpc) is 2.35. The normalized spacial score (nSPS) is 15.6. The molecular formula is C13H25Cl4N3. The third kappa shape index (κ3) is 7.30. The summed E-state index contributed by atoms with van der Waals surface area (Å²) in [5.74, 6) is 0. The van der Waals surface area contributed by atoms with Crippen LogP contribution in [0.25, 0.3) is 0 Å². The van der Waals surface area contributed by atoms with Crippen LogP contribution < -0.4 is 11.1 Å². The number of hydrogen-bond acceptors (Lipinski definition) is 3. The fourth-order valence-corrected chi connectivity index (χ4v) is 2.35. The molecule has 0 spiro atoms. The van der Waals surface area contributed by atoms with Crippen molar-refractivity contribution in [3.8, 4) is 0 Å². The van der Waals surface area contributed by atoms with Crippen molar-refractivity contribution < 1.29 is 0 Å². The van der Waals surface area contributed by atoms with Gasteiger partial charge in [0.2, 0.25) is 0 Å². The zero-order chi connectivity index (χ0) is 11.2. The van der Waals surface area contributed by atoms with Crippen molar-refractivity contribution in [2.24, 2.45) is 5.73 Å². The molecule has 0 aliphatic heterocycles. The lowest BCUT2D eigenvalue weighted by Gasteiger charge is -2.25. The summed E-state index contributed by atoms with van der Waals surface area (Å²) in [6.45, 7) is 1.85. The van der Waals surface area contributed by atoms with Crippen LogP contribution in [-0.2, 0) is 6.42 Å². The second-order valence-electron chi connectivity index (χ2n) is 4.44. The fraction of sp³-hybridized carbons (Fsp3) is 0.615. The van der Waals surface area contributed by atoms with Crippen LogP contribution in [0.1, 0.15) is 43.0 Å². The molecule has 20 heavy (non-hydrogen) atoms. The van der Waals surface area contributed by atoms with Crippen molar-refractivity contribution in [2.45, 2.75) is 38.1 Å².